The molecule has 1 aromatic carbocycles. The zero-order valence-electron chi connectivity index (χ0n) is 14.5. The van der Waals surface area contributed by atoms with Crippen LogP contribution in [-0.2, 0) is 0 Å². The summed E-state index contributed by atoms with van der Waals surface area (Å²) in [7, 11) is 1.50. The summed E-state index contributed by atoms with van der Waals surface area (Å²) in [5.41, 5.74) is 1.98. The number of rotatable bonds is 3. The number of methoxy groups -OCH3 is 1. The molecule has 0 aliphatic heterocycles. The quantitative estimate of drug-likeness (QED) is 0.602. The lowest BCUT2D eigenvalue weighted by Gasteiger charge is -2.05. The fraction of sp³-hybridized carbons (Fsp3) is 0.105. The van der Waals surface area contributed by atoms with Crippen molar-refractivity contribution in [1.82, 2.24) is 19.6 Å². The standard InChI is InChI=1S/C19H14F2N4O2/c1-10-18(13-5-4-12(20)7-14(13)21)19-23-15(8-17(26)25(19)24-10)11-3-6-16(27-2)22-9-11/h3-9,24H,1-2H3. The number of aromatic amines is 1. The molecule has 3 heterocycles. The second-order valence-electron chi connectivity index (χ2n) is 5.96. The van der Waals surface area contributed by atoms with Crippen LogP contribution >= 0.6 is 0 Å². The normalized spacial score (nSPS) is 11.1. The summed E-state index contributed by atoms with van der Waals surface area (Å²) in [4.78, 5) is 21.2. The van der Waals surface area contributed by atoms with Gasteiger partial charge in [0.15, 0.2) is 5.65 Å². The second kappa shape index (κ2) is 6.31. The van der Waals surface area contributed by atoms with Gasteiger partial charge in [-0.15, -0.1) is 0 Å². The first kappa shape index (κ1) is 16.9. The summed E-state index contributed by atoms with van der Waals surface area (Å²) in [6, 6.07) is 8.03. The number of aryl methyl sites for hydroxylation is 1. The number of fused-ring (bicyclic) bond motifs is 1. The molecule has 0 bridgehead atoms. The van der Waals surface area contributed by atoms with Gasteiger partial charge in [-0.3, -0.25) is 9.89 Å². The highest BCUT2D eigenvalue weighted by Crippen LogP contribution is 2.30. The molecule has 1 N–H and O–H groups in total. The smallest absolute Gasteiger partial charge is 0.273 e. The van der Waals surface area contributed by atoms with Crippen LogP contribution in [0.15, 0.2) is 47.4 Å². The molecule has 0 saturated heterocycles. The Morgan fingerprint density at radius 3 is 2.63 bits per heavy atom. The molecule has 0 spiro atoms. The Morgan fingerprint density at radius 2 is 1.96 bits per heavy atom. The van der Waals surface area contributed by atoms with E-state index in [1.54, 1.807) is 19.1 Å². The van der Waals surface area contributed by atoms with Gasteiger partial charge in [0.2, 0.25) is 5.88 Å². The number of benzene rings is 1. The molecule has 0 atom stereocenters. The Balaban J connectivity index is 1.96. The van der Waals surface area contributed by atoms with Crippen LogP contribution in [0.3, 0.4) is 0 Å². The van der Waals surface area contributed by atoms with Gasteiger partial charge in [-0.1, -0.05) is 0 Å². The number of pyridine rings is 1. The Morgan fingerprint density at radius 1 is 1.15 bits per heavy atom. The van der Waals surface area contributed by atoms with Gasteiger partial charge in [-0.2, -0.15) is 0 Å². The average molecular weight is 368 g/mol. The number of hydrogen-bond acceptors (Lipinski definition) is 4. The van der Waals surface area contributed by atoms with E-state index < -0.39 is 11.6 Å². The van der Waals surface area contributed by atoms with Gasteiger partial charge in [-0.05, 0) is 25.1 Å². The topological polar surface area (TPSA) is 72.3 Å². The minimum absolute atomic E-state index is 0.157. The van der Waals surface area contributed by atoms with E-state index in [2.05, 4.69) is 15.1 Å². The molecule has 8 heteroatoms. The third-order valence-corrected chi connectivity index (χ3v) is 4.24. The summed E-state index contributed by atoms with van der Waals surface area (Å²) in [5.74, 6) is -0.975. The van der Waals surface area contributed by atoms with Gasteiger partial charge >= 0.3 is 0 Å². The molecule has 0 radical (unpaired) electrons. The number of halogens is 2. The maximum absolute atomic E-state index is 14.3. The number of nitrogens with zero attached hydrogens (tertiary/aromatic N) is 3. The number of ether oxygens (including phenoxy) is 1. The molecule has 3 aromatic heterocycles. The minimum atomic E-state index is -0.731. The number of nitrogens with one attached hydrogen (secondary N) is 1. The van der Waals surface area contributed by atoms with Gasteiger partial charge in [0.25, 0.3) is 5.56 Å². The molecule has 6 nitrogen and oxygen atoms in total. The highest BCUT2D eigenvalue weighted by Gasteiger charge is 2.18. The lowest BCUT2D eigenvalue weighted by molar-refractivity contribution is 0.398. The molecule has 0 aliphatic rings. The first-order valence-corrected chi connectivity index (χ1v) is 8.06. The number of hydrogen-bond donors (Lipinski definition) is 1. The zero-order valence-corrected chi connectivity index (χ0v) is 14.5. The SMILES string of the molecule is COc1ccc(-c2cc(=O)n3[nH]c(C)c(-c4ccc(F)cc4F)c3n2)cn1. The van der Waals surface area contributed by atoms with Crippen LogP contribution in [0.1, 0.15) is 5.69 Å². The van der Waals surface area contributed by atoms with E-state index in [-0.39, 0.29) is 16.8 Å². The Kier molecular flexibility index (Phi) is 3.95. The van der Waals surface area contributed by atoms with Crippen molar-refractivity contribution < 1.29 is 13.5 Å². The van der Waals surface area contributed by atoms with E-state index >= 15 is 0 Å². The van der Waals surface area contributed by atoms with Crippen LogP contribution in [0.25, 0.3) is 28.0 Å². The largest absolute Gasteiger partial charge is 0.481 e. The van der Waals surface area contributed by atoms with E-state index in [9.17, 15) is 13.6 Å². The van der Waals surface area contributed by atoms with E-state index in [1.807, 2.05) is 0 Å². The molecule has 4 rings (SSSR count). The number of H-pyrrole nitrogens is 1. The monoisotopic (exact) mass is 368 g/mol. The van der Waals surface area contributed by atoms with E-state index in [4.69, 9.17) is 4.74 Å². The van der Waals surface area contributed by atoms with Crippen LogP contribution in [0.4, 0.5) is 8.78 Å². The van der Waals surface area contributed by atoms with Gasteiger partial charge < -0.3 is 4.74 Å². The first-order chi connectivity index (χ1) is 13.0. The molecule has 0 saturated carbocycles. The summed E-state index contributed by atoms with van der Waals surface area (Å²) >= 11 is 0. The molecule has 4 aromatic rings. The maximum atomic E-state index is 14.3. The molecule has 27 heavy (non-hydrogen) atoms. The van der Waals surface area contributed by atoms with E-state index in [1.165, 1.54) is 30.0 Å². The maximum Gasteiger partial charge on any atom is 0.273 e. The van der Waals surface area contributed by atoms with Crippen LogP contribution in [0, 0.1) is 18.6 Å². The predicted octanol–water partition coefficient (Wildman–Crippen LogP) is 3.35. The Bertz CT molecular complexity index is 1210. The van der Waals surface area contributed by atoms with Crippen molar-refractivity contribution in [2.75, 3.05) is 7.11 Å². The Labute approximate surface area is 152 Å². The van der Waals surface area contributed by atoms with Crippen LogP contribution < -0.4 is 10.3 Å². The first-order valence-electron chi connectivity index (χ1n) is 8.06. The Hall–Kier alpha value is -3.55. The second-order valence-corrected chi connectivity index (χ2v) is 5.96. The molecule has 0 fully saturated rings. The van der Waals surface area contributed by atoms with Gasteiger partial charge in [0, 0.05) is 46.8 Å². The molecule has 0 amide bonds. The predicted molar refractivity (Wildman–Crippen MR) is 95.7 cm³/mol. The molecular weight excluding hydrogens is 354 g/mol. The molecule has 0 aliphatic carbocycles. The minimum Gasteiger partial charge on any atom is -0.481 e. The van der Waals surface area contributed by atoms with Crippen molar-refractivity contribution >= 4 is 5.65 Å². The van der Waals surface area contributed by atoms with Crippen LogP contribution in [-0.4, -0.2) is 26.7 Å². The van der Waals surface area contributed by atoms with Gasteiger partial charge in [0.1, 0.15) is 11.6 Å². The lowest BCUT2D eigenvalue weighted by atomic mass is 10.1. The van der Waals surface area contributed by atoms with Crippen molar-refractivity contribution in [1.29, 1.82) is 0 Å². The number of aromatic nitrogens is 4. The van der Waals surface area contributed by atoms with Gasteiger partial charge in [-0.25, -0.2) is 23.3 Å². The summed E-state index contributed by atoms with van der Waals surface area (Å²) in [5, 5.41) is 2.88. The van der Waals surface area contributed by atoms with Crippen LogP contribution in [0.2, 0.25) is 0 Å². The fourth-order valence-electron chi connectivity index (χ4n) is 2.96. The summed E-state index contributed by atoms with van der Waals surface area (Å²) < 4.78 is 33.9. The van der Waals surface area contributed by atoms with E-state index in [0.717, 1.165) is 12.1 Å². The van der Waals surface area contributed by atoms with Crippen molar-refractivity contribution in [3.8, 4) is 28.3 Å². The van der Waals surface area contributed by atoms with Crippen molar-refractivity contribution in [2.45, 2.75) is 6.92 Å². The summed E-state index contributed by atoms with van der Waals surface area (Å²) in [6.45, 7) is 1.70. The third kappa shape index (κ3) is 2.84. The lowest BCUT2D eigenvalue weighted by Crippen LogP contribution is -2.14. The van der Waals surface area contributed by atoms with Crippen molar-refractivity contribution in [3.63, 3.8) is 0 Å². The third-order valence-electron chi connectivity index (χ3n) is 4.24. The highest BCUT2D eigenvalue weighted by molar-refractivity contribution is 5.81. The van der Waals surface area contributed by atoms with Crippen molar-refractivity contribution in [3.05, 3.63) is 70.3 Å². The van der Waals surface area contributed by atoms with Crippen molar-refractivity contribution in [2.24, 2.45) is 0 Å². The zero-order chi connectivity index (χ0) is 19.1. The molecule has 136 valence electrons. The van der Waals surface area contributed by atoms with Crippen LogP contribution in [0.5, 0.6) is 5.88 Å². The average Bonchev–Trinajstić information content (AvgIpc) is 2.98. The summed E-state index contributed by atoms with van der Waals surface area (Å²) in [6.07, 6.45) is 1.54. The van der Waals surface area contributed by atoms with E-state index in [0.29, 0.717) is 28.4 Å². The molecular formula is C19H14F2N4O2. The highest BCUT2D eigenvalue weighted by atomic mass is 19.1. The van der Waals surface area contributed by atoms with Gasteiger partial charge in [0.05, 0.1) is 12.8 Å². The molecule has 0 unspecified atom stereocenters. The fourth-order valence-corrected chi connectivity index (χ4v) is 2.96.